The fourth-order valence-corrected chi connectivity index (χ4v) is 3.95. The number of hydrogen-bond donors (Lipinski definition) is 0. The van der Waals surface area contributed by atoms with Gasteiger partial charge in [-0.15, -0.1) is 0 Å². The van der Waals surface area contributed by atoms with E-state index in [9.17, 15) is 4.79 Å². The number of rotatable bonds is 11. The van der Waals surface area contributed by atoms with E-state index < -0.39 is 0 Å². The van der Waals surface area contributed by atoms with Crippen LogP contribution in [0.2, 0.25) is 0 Å². The Morgan fingerprint density at radius 1 is 0.879 bits per heavy atom. The van der Waals surface area contributed by atoms with Crippen molar-refractivity contribution in [1.82, 2.24) is 9.55 Å². The quantitative estimate of drug-likeness (QED) is 0.203. The molecule has 0 saturated heterocycles. The molecule has 0 saturated carbocycles. The van der Waals surface area contributed by atoms with Gasteiger partial charge in [0.25, 0.3) is 0 Å². The molecule has 0 radical (unpaired) electrons. The zero-order chi connectivity index (χ0) is 22.9. The highest BCUT2D eigenvalue weighted by Gasteiger charge is 2.14. The van der Waals surface area contributed by atoms with Gasteiger partial charge in [-0.2, -0.15) is 0 Å². The van der Waals surface area contributed by atoms with Gasteiger partial charge in [-0.3, -0.25) is 4.79 Å². The smallest absolute Gasteiger partial charge is 0.305 e. The molecule has 1 aromatic heterocycles. The minimum absolute atomic E-state index is 0.120. The van der Waals surface area contributed by atoms with Gasteiger partial charge in [0.1, 0.15) is 11.6 Å². The van der Waals surface area contributed by atoms with E-state index in [2.05, 4.69) is 34.9 Å². The normalized spacial score (nSPS) is 10.9. The Morgan fingerprint density at radius 2 is 1.64 bits per heavy atom. The maximum absolute atomic E-state index is 11.5. The predicted molar refractivity (Wildman–Crippen MR) is 131 cm³/mol. The first-order chi connectivity index (χ1) is 16.3. The second-order valence-electron chi connectivity index (χ2n) is 7.95. The lowest BCUT2D eigenvalue weighted by Crippen LogP contribution is -2.06. The molecule has 4 rings (SSSR count). The maximum atomic E-state index is 11.5. The summed E-state index contributed by atoms with van der Waals surface area (Å²) < 4.78 is 13.4. The molecule has 0 fully saturated rings. The molecule has 0 aliphatic heterocycles. The van der Waals surface area contributed by atoms with E-state index in [0.717, 1.165) is 53.0 Å². The van der Waals surface area contributed by atoms with Gasteiger partial charge in [0.2, 0.25) is 0 Å². The summed E-state index contributed by atoms with van der Waals surface area (Å²) in [6.07, 6.45) is 3.13. The molecule has 4 aromatic rings. The minimum Gasteiger partial charge on any atom is -0.493 e. The van der Waals surface area contributed by atoms with Gasteiger partial charge in [-0.1, -0.05) is 60.7 Å². The average Bonchev–Trinajstić information content (AvgIpc) is 3.21. The summed E-state index contributed by atoms with van der Waals surface area (Å²) in [5, 5.41) is 0. The third kappa shape index (κ3) is 5.80. The molecule has 5 heteroatoms. The summed E-state index contributed by atoms with van der Waals surface area (Å²) in [5.74, 6) is 1.72. The van der Waals surface area contributed by atoms with Gasteiger partial charge in [-0.05, 0) is 44.4 Å². The van der Waals surface area contributed by atoms with E-state index in [1.54, 1.807) is 0 Å². The van der Waals surface area contributed by atoms with Crippen molar-refractivity contribution < 1.29 is 14.3 Å². The van der Waals surface area contributed by atoms with E-state index in [1.807, 2.05) is 55.5 Å². The van der Waals surface area contributed by atoms with Crippen molar-refractivity contribution in [3.8, 4) is 17.1 Å². The zero-order valence-electron chi connectivity index (χ0n) is 19.1. The summed E-state index contributed by atoms with van der Waals surface area (Å²) in [7, 11) is 0. The van der Waals surface area contributed by atoms with E-state index in [0.29, 0.717) is 26.2 Å². The largest absolute Gasteiger partial charge is 0.493 e. The number of para-hydroxylation sites is 3. The lowest BCUT2D eigenvalue weighted by Gasteiger charge is -2.14. The first-order valence-corrected chi connectivity index (χ1v) is 11.6. The first kappa shape index (κ1) is 22.6. The fourth-order valence-electron chi connectivity index (χ4n) is 3.95. The Kier molecular flexibility index (Phi) is 7.75. The molecule has 0 atom stereocenters. The van der Waals surface area contributed by atoms with Crippen molar-refractivity contribution in [2.24, 2.45) is 0 Å². The van der Waals surface area contributed by atoms with Gasteiger partial charge in [0.05, 0.1) is 30.8 Å². The third-order valence-electron chi connectivity index (χ3n) is 5.58. The lowest BCUT2D eigenvalue weighted by molar-refractivity contribution is -0.143. The molecule has 3 aromatic carbocycles. The molecule has 0 aliphatic carbocycles. The van der Waals surface area contributed by atoms with Crippen LogP contribution in [-0.2, 0) is 16.1 Å². The van der Waals surface area contributed by atoms with Crippen LogP contribution in [0.15, 0.2) is 78.9 Å². The van der Waals surface area contributed by atoms with Crippen molar-refractivity contribution in [3.05, 3.63) is 84.4 Å². The van der Waals surface area contributed by atoms with E-state index in [1.165, 1.54) is 0 Å². The predicted octanol–water partition coefficient (Wildman–Crippen LogP) is 6.25. The zero-order valence-corrected chi connectivity index (χ0v) is 19.1. The highest BCUT2D eigenvalue weighted by molar-refractivity contribution is 5.80. The van der Waals surface area contributed by atoms with Crippen LogP contribution in [0.1, 0.15) is 38.2 Å². The summed E-state index contributed by atoms with van der Waals surface area (Å²) in [6, 6.07) is 26.7. The SMILES string of the molecule is CCOC(=O)CCCCCOc1ccccc1Cn1c(-c2ccccc2)nc2ccccc21. The van der Waals surface area contributed by atoms with Crippen molar-refractivity contribution in [2.45, 2.75) is 39.2 Å². The molecule has 1 heterocycles. The number of esters is 1. The van der Waals surface area contributed by atoms with Crippen LogP contribution in [0.4, 0.5) is 0 Å². The number of carbonyl (C=O) groups is 1. The summed E-state index contributed by atoms with van der Waals surface area (Å²) in [6.45, 7) is 3.56. The topological polar surface area (TPSA) is 53.4 Å². The van der Waals surface area contributed by atoms with E-state index >= 15 is 0 Å². The number of aromatic nitrogens is 2. The second kappa shape index (κ2) is 11.3. The van der Waals surface area contributed by atoms with Gasteiger partial charge < -0.3 is 14.0 Å². The highest BCUT2D eigenvalue weighted by Crippen LogP contribution is 2.28. The molecular weight excluding hydrogens is 412 g/mol. The Labute approximate surface area is 195 Å². The van der Waals surface area contributed by atoms with Crippen LogP contribution in [0.3, 0.4) is 0 Å². The molecule has 0 unspecified atom stereocenters. The average molecular weight is 443 g/mol. The molecule has 0 N–H and O–H groups in total. The molecule has 170 valence electrons. The summed E-state index contributed by atoms with van der Waals surface area (Å²) in [5.41, 5.74) is 4.29. The molecule has 0 spiro atoms. The van der Waals surface area contributed by atoms with E-state index in [4.69, 9.17) is 14.5 Å². The Morgan fingerprint density at radius 3 is 2.48 bits per heavy atom. The van der Waals surface area contributed by atoms with Crippen LogP contribution in [0, 0.1) is 0 Å². The standard InChI is InChI=1S/C28H30N2O3/c1-2-32-27(31)19-7-4-12-20-33-26-18-11-8-15-23(26)21-30-25-17-10-9-16-24(25)29-28(30)22-13-5-3-6-14-22/h3,5-6,8-11,13-18H,2,4,7,12,19-21H2,1H3. The van der Waals surface area contributed by atoms with E-state index in [-0.39, 0.29) is 5.97 Å². The Balaban J connectivity index is 1.47. The molecule has 0 aliphatic rings. The molecule has 33 heavy (non-hydrogen) atoms. The van der Waals surface area contributed by atoms with Crippen LogP contribution >= 0.6 is 0 Å². The highest BCUT2D eigenvalue weighted by atomic mass is 16.5. The Hall–Kier alpha value is -3.60. The fraction of sp³-hybridized carbons (Fsp3) is 0.286. The molecule has 5 nitrogen and oxygen atoms in total. The van der Waals surface area contributed by atoms with Gasteiger partial charge in [0.15, 0.2) is 0 Å². The van der Waals surface area contributed by atoms with Crippen molar-refractivity contribution >= 4 is 17.0 Å². The van der Waals surface area contributed by atoms with Crippen LogP contribution in [0.25, 0.3) is 22.4 Å². The van der Waals surface area contributed by atoms with Crippen LogP contribution in [0.5, 0.6) is 5.75 Å². The second-order valence-corrected chi connectivity index (χ2v) is 7.95. The maximum Gasteiger partial charge on any atom is 0.305 e. The summed E-state index contributed by atoms with van der Waals surface area (Å²) >= 11 is 0. The minimum atomic E-state index is -0.120. The molecule has 0 bridgehead atoms. The van der Waals surface area contributed by atoms with Crippen LogP contribution in [-0.4, -0.2) is 28.7 Å². The van der Waals surface area contributed by atoms with Crippen molar-refractivity contribution in [1.29, 1.82) is 0 Å². The number of ether oxygens (including phenoxy) is 2. The number of nitrogens with zero attached hydrogens (tertiary/aromatic N) is 2. The van der Waals surface area contributed by atoms with Crippen molar-refractivity contribution in [3.63, 3.8) is 0 Å². The van der Waals surface area contributed by atoms with Gasteiger partial charge >= 0.3 is 5.97 Å². The number of unbranched alkanes of at least 4 members (excludes halogenated alkanes) is 2. The number of benzene rings is 3. The third-order valence-corrected chi connectivity index (χ3v) is 5.58. The summed E-state index contributed by atoms with van der Waals surface area (Å²) in [4.78, 5) is 16.4. The number of carbonyl (C=O) groups excluding carboxylic acids is 1. The van der Waals surface area contributed by atoms with Gasteiger partial charge in [-0.25, -0.2) is 4.98 Å². The van der Waals surface area contributed by atoms with Gasteiger partial charge in [0, 0.05) is 17.5 Å². The van der Waals surface area contributed by atoms with Crippen LogP contribution < -0.4 is 4.74 Å². The number of fused-ring (bicyclic) bond motifs is 1. The number of imidazole rings is 1. The first-order valence-electron chi connectivity index (χ1n) is 11.6. The molecular formula is C28H30N2O3. The lowest BCUT2D eigenvalue weighted by atomic mass is 10.1. The molecule has 0 amide bonds. The van der Waals surface area contributed by atoms with Crippen molar-refractivity contribution in [2.75, 3.05) is 13.2 Å². The Bertz CT molecular complexity index is 1180. The number of hydrogen-bond acceptors (Lipinski definition) is 4. The monoisotopic (exact) mass is 442 g/mol.